The van der Waals surface area contributed by atoms with Crippen molar-refractivity contribution in [3.63, 3.8) is 0 Å². The number of amides is 1. The quantitative estimate of drug-likeness (QED) is 0.859. The van der Waals surface area contributed by atoms with Crippen LogP contribution >= 0.6 is 27.5 Å². The number of nitrogens with two attached hydrogens (primary N) is 1. The number of piperidine rings is 1. The third-order valence-electron chi connectivity index (χ3n) is 3.34. The van der Waals surface area contributed by atoms with E-state index in [1.54, 1.807) is 18.2 Å². The highest BCUT2D eigenvalue weighted by Crippen LogP contribution is 2.25. The van der Waals surface area contributed by atoms with E-state index >= 15 is 0 Å². The first kappa shape index (κ1) is 13.8. The van der Waals surface area contributed by atoms with Gasteiger partial charge in [0.2, 0.25) is 0 Å². The average molecular weight is 332 g/mol. The van der Waals surface area contributed by atoms with Crippen LogP contribution < -0.4 is 5.73 Å². The highest BCUT2D eigenvalue weighted by atomic mass is 79.9. The van der Waals surface area contributed by atoms with Gasteiger partial charge >= 0.3 is 0 Å². The lowest BCUT2D eigenvalue weighted by Crippen LogP contribution is -2.48. The number of carbonyl (C=O) groups excluding carboxylic acids is 1. The van der Waals surface area contributed by atoms with Crippen molar-refractivity contribution in [3.8, 4) is 0 Å². The van der Waals surface area contributed by atoms with Crippen LogP contribution in [0.3, 0.4) is 0 Å². The number of carbonyl (C=O) groups is 1. The van der Waals surface area contributed by atoms with Gasteiger partial charge in [-0.1, -0.05) is 11.6 Å². The molecule has 1 saturated heterocycles. The van der Waals surface area contributed by atoms with Crippen molar-refractivity contribution >= 4 is 33.4 Å². The molecular formula is C13H16BrClN2O. The molecule has 1 aliphatic rings. The predicted molar refractivity (Wildman–Crippen MR) is 76.9 cm³/mol. The summed E-state index contributed by atoms with van der Waals surface area (Å²) in [5, 5.41) is 0.558. The van der Waals surface area contributed by atoms with Gasteiger partial charge < -0.3 is 10.6 Å². The number of hydrogen-bond donors (Lipinski definition) is 1. The molecule has 0 radical (unpaired) electrons. The summed E-state index contributed by atoms with van der Waals surface area (Å²) in [5.41, 5.74) is 6.54. The fourth-order valence-corrected chi connectivity index (χ4v) is 2.73. The molecule has 0 saturated carbocycles. The molecular weight excluding hydrogens is 316 g/mol. The van der Waals surface area contributed by atoms with Crippen molar-refractivity contribution in [2.24, 2.45) is 5.73 Å². The van der Waals surface area contributed by atoms with E-state index in [0.717, 1.165) is 23.9 Å². The van der Waals surface area contributed by atoms with E-state index in [9.17, 15) is 4.79 Å². The molecule has 1 aliphatic heterocycles. The van der Waals surface area contributed by atoms with Crippen LogP contribution in [0.25, 0.3) is 0 Å². The molecule has 0 aromatic heterocycles. The molecule has 0 aliphatic carbocycles. The van der Waals surface area contributed by atoms with Gasteiger partial charge in [0, 0.05) is 28.7 Å². The lowest BCUT2D eigenvalue weighted by atomic mass is 9.98. The maximum atomic E-state index is 12.4. The third-order valence-corrected chi connectivity index (χ3v) is 4.58. The monoisotopic (exact) mass is 330 g/mol. The van der Waals surface area contributed by atoms with Crippen molar-refractivity contribution in [2.75, 3.05) is 6.54 Å². The van der Waals surface area contributed by atoms with Crippen LogP contribution in [0, 0.1) is 0 Å². The zero-order valence-corrected chi connectivity index (χ0v) is 12.5. The number of halogens is 2. The fraction of sp³-hybridized carbons (Fsp3) is 0.462. The second-order valence-corrected chi connectivity index (χ2v) is 6.02. The Morgan fingerprint density at radius 1 is 1.56 bits per heavy atom. The Balaban J connectivity index is 2.18. The minimum Gasteiger partial charge on any atom is -0.336 e. The Morgan fingerprint density at radius 2 is 2.28 bits per heavy atom. The third kappa shape index (κ3) is 2.87. The Hall–Kier alpha value is -0.580. The molecule has 1 aromatic rings. The molecule has 0 bridgehead atoms. The van der Waals surface area contributed by atoms with Gasteiger partial charge in [0.15, 0.2) is 0 Å². The zero-order chi connectivity index (χ0) is 13.3. The molecule has 1 heterocycles. The van der Waals surface area contributed by atoms with E-state index in [4.69, 9.17) is 17.3 Å². The first-order chi connectivity index (χ1) is 8.49. The lowest BCUT2D eigenvalue weighted by molar-refractivity contribution is 0.0619. The van der Waals surface area contributed by atoms with Crippen molar-refractivity contribution in [1.29, 1.82) is 0 Å². The molecule has 2 rings (SSSR count). The van der Waals surface area contributed by atoms with E-state index in [2.05, 4.69) is 15.9 Å². The van der Waals surface area contributed by atoms with E-state index in [1.165, 1.54) is 0 Å². The van der Waals surface area contributed by atoms with Crippen LogP contribution in [0.4, 0.5) is 0 Å². The molecule has 2 N–H and O–H groups in total. The fourth-order valence-electron chi connectivity index (χ4n) is 2.31. The van der Waals surface area contributed by atoms with E-state index < -0.39 is 0 Å². The van der Waals surface area contributed by atoms with Gasteiger partial charge in [-0.25, -0.2) is 0 Å². The molecule has 2 unspecified atom stereocenters. The average Bonchev–Trinajstić information content (AvgIpc) is 2.32. The predicted octanol–water partition coefficient (Wildman–Crippen LogP) is 3.05. The summed E-state index contributed by atoms with van der Waals surface area (Å²) in [6.07, 6.45) is 1.72. The number of rotatable bonds is 1. The van der Waals surface area contributed by atoms with Crippen LogP contribution in [-0.4, -0.2) is 29.4 Å². The lowest BCUT2D eigenvalue weighted by Gasteiger charge is -2.36. The van der Waals surface area contributed by atoms with Crippen molar-refractivity contribution in [3.05, 3.63) is 33.3 Å². The topological polar surface area (TPSA) is 46.3 Å². The van der Waals surface area contributed by atoms with E-state index in [-0.39, 0.29) is 18.0 Å². The molecule has 18 heavy (non-hydrogen) atoms. The molecule has 1 amide bonds. The maximum Gasteiger partial charge on any atom is 0.254 e. The highest BCUT2D eigenvalue weighted by Gasteiger charge is 2.27. The summed E-state index contributed by atoms with van der Waals surface area (Å²) in [5.74, 6) is 0.0313. The van der Waals surface area contributed by atoms with Crippen molar-refractivity contribution in [2.45, 2.75) is 31.8 Å². The summed E-state index contributed by atoms with van der Waals surface area (Å²) in [4.78, 5) is 14.3. The van der Waals surface area contributed by atoms with Gasteiger partial charge in [-0.3, -0.25) is 4.79 Å². The van der Waals surface area contributed by atoms with Crippen molar-refractivity contribution in [1.82, 2.24) is 4.90 Å². The first-order valence-electron chi connectivity index (χ1n) is 6.00. The Kier molecular flexibility index (Phi) is 4.30. The minimum absolute atomic E-state index is 0.0313. The largest absolute Gasteiger partial charge is 0.336 e. The second kappa shape index (κ2) is 5.59. The van der Waals surface area contributed by atoms with Gasteiger partial charge in [0.25, 0.3) is 5.91 Å². The van der Waals surface area contributed by atoms with Gasteiger partial charge in [-0.15, -0.1) is 0 Å². The Bertz CT molecular complexity index is 466. The Morgan fingerprint density at radius 3 is 2.89 bits per heavy atom. The highest BCUT2D eigenvalue weighted by molar-refractivity contribution is 9.10. The smallest absolute Gasteiger partial charge is 0.254 e. The van der Waals surface area contributed by atoms with Crippen molar-refractivity contribution < 1.29 is 4.79 Å². The normalized spacial score (nSPS) is 24.1. The van der Waals surface area contributed by atoms with Gasteiger partial charge in [0.05, 0.1) is 5.02 Å². The van der Waals surface area contributed by atoms with Gasteiger partial charge in [0.1, 0.15) is 0 Å². The van der Waals surface area contributed by atoms with Crippen LogP contribution in [0.1, 0.15) is 30.1 Å². The first-order valence-corrected chi connectivity index (χ1v) is 7.17. The molecule has 2 atom stereocenters. The summed E-state index contributed by atoms with van der Waals surface area (Å²) in [7, 11) is 0. The minimum atomic E-state index is 0.0313. The summed E-state index contributed by atoms with van der Waals surface area (Å²) >= 11 is 9.34. The molecule has 98 valence electrons. The summed E-state index contributed by atoms with van der Waals surface area (Å²) in [6.45, 7) is 2.76. The van der Waals surface area contributed by atoms with Gasteiger partial charge in [-0.2, -0.15) is 0 Å². The maximum absolute atomic E-state index is 12.4. The summed E-state index contributed by atoms with van der Waals surface area (Å²) in [6, 6.07) is 5.69. The number of nitrogens with zero attached hydrogens (tertiary/aromatic N) is 1. The van der Waals surface area contributed by atoms with Crippen LogP contribution in [0.5, 0.6) is 0 Å². The van der Waals surface area contributed by atoms with Crippen LogP contribution in [0.15, 0.2) is 22.7 Å². The second-order valence-electron chi connectivity index (χ2n) is 4.76. The number of likely N-dealkylation sites (tertiary alicyclic amines) is 1. The zero-order valence-electron chi connectivity index (χ0n) is 10.2. The Labute approximate surface area is 120 Å². The van der Waals surface area contributed by atoms with Crippen LogP contribution in [-0.2, 0) is 0 Å². The standard InChI is InChI=1S/C13H16BrClN2O/c1-8-6-10(16)4-5-17(8)13(18)9-2-3-11(14)12(15)7-9/h2-3,7-8,10H,4-6,16H2,1H3. The molecule has 1 fully saturated rings. The molecule has 3 nitrogen and oxygen atoms in total. The summed E-state index contributed by atoms with van der Waals surface area (Å²) < 4.78 is 0.800. The van der Waals surface area contributed by atoms with Crippen LogP contribution in [0.2, 0.25) is 5.02 Å². The SMILES string of the molecule is CC1CC(N)CCN1C(=O)c1ccc(Br)c(Cl)c1. The van der Waals surface area contributed by atoms with E-state index in [0.29, 0.717) is 10.6 Å². The number of hydrogen-bond acceptors (Lipinski definition) is 2. The molecule has 5 heteroatoms. The molecule has 0 spiro atoms. The van der Waals surface area contributed by atoms with Gasteiger partial charge in [-0.05, 0) is 53.9 Å². The molecule has 1 aromatic carbocycles. The number of benzene rings is 1. The van der Waals surface area contributed by atoms with E-state index in [1.807, 2.05) is 11.8 Å².